The summed E-state index contributed by atoms with van der Waals surface area (Å²) in [6.45, 7) is 0.360. The maximum absolute atomic E-state index is 12.3. The monoisotopic (exact) mass is 365 g/mol. The first-order chi connectivity index (χ1) is 12.7. The third-order valence-electron chi connectivity index (χ3n) is 4.20. The molecule has 1 aromatic carbocycles. The van der Waals surface area contributed by atoms with Crippen LogP contribution < -0.4 is 11.0 Å². The standard InChI is InChI=1S/C19H16ClN5O/c1-21-16-9-11-24(19(26)22-16)12-15-18(13-5-7-14(20)8-6-13)23-17-4-2-3-10-25(15)17/h2-11H,12H2,1H3,(H,21,22,26). The van der Waals surface area contributed by atoms with Gasteiger partial charge in [0.05, 0.1) is 17.9 Å². The van der Waals surface area contributed by atoms with Gasteiger partial charge in [0, 0.05) is 30.0 Å². The molecule has 0 saturated carbocycles. The molecule has 130 valence electrons. The number of hydrogen-bond acceptors (Lipinski definition) is 4. The summed E-state index contributed by atoms with van der Waals surface area (Å²) in [5.74, 6) is 0.544. The predicted octanol–water partition coefficient (Wildman–Crippen LogP) is 3.30. The average molecular weight is 366 g/mol. The number of benzene rings is 1. The maximum Gasteiger partial charge on any atom is 0.349 e. The van der Waals surface area contributed by atoms with Gasteiger partial charge in [-0.15, -0.1) is 0 Å². The summed E-state index contributed by atoms with van der Waals surface area (Å²) in [6.07, 6.45) is 3.67. The molecule has 0 spiro atoms. The smallest absolute Gasteiger partial charge is 0.349 e. The Balaban J connectivity index is 1.86. The van der Waals surface area contributed by atoms with E-state index in [2.05, 4.69) is 10.3 Å². The minimum atomic E-state index is -0.315. The van der Waals surface area contributed by atoms with E-state index in [4.69, 9.17) is 16.6 Å². The molecule has 0 radical (unpaired) electrons. The molecule has 0 unspecified atom stereocenters. The molecular weight excluding hydrogens is 350 g/mol. The molecule has 0 amide bonds. The summed E-state index contributed by atoms with van der Waals surface area (Å²) in [6, 6.07) is 15.1. The number of pyridine rings is 1. The third-order valence-corrected chi connectivity index (χ3v) is 4.45. The molecule has 3 aromatic heterocycles. The molecule has 0 saturated heterocycles. The molecule has 0 aliphatic heterocycles. The zero-order chi connectivity index (χ0) is 18.1. The minimum Gasteiger partial charge on any atom is -0.373 e. The van der Waals surface area contributed by atoms with Crippen LogP contribution in [0.1, 0.15) is 5.69 Å². The zero-order valence-corrected chi connectivity index (χ0v) is 14.8. The quantitative estimate of drug-likeness (QED) is 0.602. The van der Waals surface area contributed by atoms with Gasteiger partial charge in [-0.05, 0) is 30.3 Å². The highest BCUT2D eigenvalue weighted by atomic mass is 35.5. The Kier molecular flexibility index (Phi) is 4.18. The van der Waals surface area contributed by atoms with E-state index in [1.807, 2.05) is 53.1 Å². The van der Waals surface area contributed by atoms with Crippen LogP contribution in [0, 0.1) is 0 Å². The van der Waals surface area contributed by atoms with E-state index in [0.29, 0.717) is 17.4 Å². The van der Waals surface area contributed by atoms with Crippen LogP contribution >= 0.6 is 11.6 Å². The number of rotatable bonds is 4. The Morgan fingerprint density at radius 1 is 1.04 bits per heavy atom. The molecule has 0 fully saturated rings. The molecule has 1 N–H and O–H groups in total. The van der Waals surface area contributed by atoms with E-state index in [1.54, 1.807) is 23.9 Å². The number of aromatic nitrogens is 4. The fourth-order valence-electron chi connectivity index (χ4n) is 2.89. The summed E-state index contributed by atoms with van der Waals surface area (Å²) in [5.41, 5.74) is 3.17. The lowest BCUT2D eigenvalue weighted by Gasteiger charge is -2.09. The van der Waals surface area contributed by atoms with Crippen LogP contribution in [-0.2, 0) is 6.54 Å². The molecule has 0 aliphatic carbocycles. The molecule has 7 heteroatoms. The highest BCUT2D eigenvalue weighted by Crippen LogP contribution is 2.26. The van der Waals surface area contributed by atoms with Crippen molar-refractivity contribution in [2.24, 2.45) is 0 Å². The minimum absolute atomic E-state index is 0.315. The van der Waals surface area contributed by atoms with E-state index in [-0.39, 0.29) is 5.69 Å². The Morgan fingerprint density at radius 3 is 2.58 bits per heavy atom. The molecule has 0 bridgehead atoms. The second-order valence-electron chi connectivity index (χ2n) is 5.82. The number of fused-ring (bicyclic) bond motifs is 1. The first kappa shape index (κ1) is 16.4. The Bertz CT molecular complexity index is 1130. The van der Waals surface area contributed by atoms with Crippen LogP contribution in [0.15, 0.2) is 65.7 Å². The SMILES string of the molecule is CNc1ccn(Cc2c(-c3ccc(Cl)cc3)nc3ccccn23)c(=O)n1. The van der Waals surface area contributed by atoms with Gasteiger partial charge in [0.1, 0.15) is 11.5 Å². The van der Waals surface area contributed by atoms with Crippen molar-refractivity contribution in [3.05, 3.63) is 82.1 Å². The zero-order valence-electron chi connectivity index (χ0n) is 14.1. The Morgan fingerprint density at radius 2 is 1.85 bits per heavy atom. The third kappa shape index (κ3) is 2.95. The van der Waals surface area contributed by atoms with Crippen LogP contribution in [0.4, 0.5) is 5.82 Å². The van der Waals surface area contributed by atoms with E-state index >= 15 is 0 Å². The maximum atomic E-state index is 12.3. The van der Waals surface area contributed by atoms with Gasteiger partial charge in [0.2, 0.25) is 0 Å². The van der Waals surface area contributed by atoms with Crippen molar-refractivity contribution in [1.29, 1.82) is 0 Å². The molecule has 4 rings (SSSR count). The Labute approximate surface area is 154 Å². The number of nitrogens with zero attached hydrogens (tertiary/aromatic N) is 4. The van der Waals surface area contributed by atoms with Crippen molar-refractivity contribution in [3.8, 4) is 11.3 Å². The Hall–Kier alpha value is -3.12. The van der Waals surface area contributed by atoms with Gasteiger partial charge in [-0.1, -0.05) is 29.8 Å². The van der Waals surface area contributed by atoms with Gasteiger partial charge >= 0.3 is 5.69 Å². The topological polar surface area (TPSA) is 64.2 Å². The molecule has 6 nitrogen and oxygen atoms in total. The van der Waals surface area contributed by atoms with Gasteiger partial charge in [-0.3, -0.25) is 4.57 Å². The van der Waals surface area contributed by atoms with Crippen LogP contribution in [0.5, 0.6) is 0 Å². The first-order valence-corrected chi connectivity index (χ1v) is 8.50. The second kappa shape index (κ2) is 6.65. The summed E-state index contributed by atoms with van der Waals surface area (Å²) >= 11 is 6.01. The first-order valence-electron chi connectivity index (χ1n) is 8.13. The van der Waals surface area contributed by atoms with Crippen LogP contribution in [0.3, 0.4) is 0 Å². The van der Waals surface area contributed by atoms with E-state index in [1.165, 1.54) is 0 Å². The average Bonchev–Trinajstić information content (AvgIpc) is 3.02. The predicted molar refractivity (Wildman–Crippen MR) is 103 cm³/mol. The summed E-state index contributed by atoms with van der Waals surface area (Å²) < 4.78 is 3.55. The lowest BCUT2D eigenvalue weighted by atomic mass is 10.1. The van der Waals surface area contributed by atoms with Gasteiger partial charge in [0.15, 0.2) is 0 Å². The normalized spacial score (nSPS) is 11.0. The van der Waals surface area contributed by atoms with Crippen LogP contribution in [-0.4, -0.2) is 26.0 Å². The highest BCUT2D eigenvalue weighted by Gasteiger charge is 2.15. The fraction of sp³-hybridized carbons (Fsp3) is 0.105. The molecule has 0 atom stereocenters. The summed E-state index contributed by atoms with van der Waals surface area (Å²) in [7, 11) is 1.73. The van der Waals surface area contributed by atoms with E-state index in [0.717, 1.165) is 22.6 Å². The van der Waals surface area contributed by atoms with Gasteiger partial charge < -0.3 is 9.72 Å². The largest absolute Gasteiger partial charge is 0.373 e. The molecular formula is C19H16ClN5O. The number of nitrogens with one attached hydrogen (secondary N) is 1. The van der Waals surface area contributed by atoms with Gasteiger partial charge in [-0.2, -0.15) is 4.98 Å². The van der Waals surface area contributed by atoms with E-state index in [9.17, 15) is 4.79 Å². The van der Waals surface area contributed by atoms with Crippen molar-refractivity contribution in [1.82, 2.24) is 18.9 Å². The lowest BCUT2D eigenvalue weighted by molar-refractivity contribution is 0.708. The number of halogens is 1. The van der Waals surface area contributed by atoms with Crippen LogP contribution in [0.25, 0.3) is 16.9 Å². The van der Waals surface area contributed by atoms with Crippen molar-refractivity contribution in [3.63, 3.8) is 0 Å². The number of hydrogen-bond donors (Lipinski definition) is 1. The number of anilines is 1. The van der Waals surface area contributed by atoms with Crippen LogP contribution in [0.2, 0.25) is 5.02 Å². The van der Waals surface area contributed by atoms with Crippen molar-refractivity contribution >= 4 is 23.1 Å². The van der Waals surface area contributed by atoms with Gasteiger partial charge in [-0.25, -0.2) is 9.78 Å². The summed E-state index contributed by atoms with van der Waals surface area (Å²) in [4.78, 5) is 21.1. The van der Waals surface area contributed by atoms with Crippen molar-refractivity contribution < 1.29 is 0 Å². The molecule has 4 aromatic rings. The summed E-state index contributed by atoms with van der Waals surface area (Å²) in [5, 5.41) is 3.54. The van der Waals surface area contributed by atoms with Crippen molar-refractivity contribution in [2.75, 3.05) is 12.4 Å². The number of imidazole rings is 1. The highest BCUT2D eigenvalue weighted by molar-refractivity contribution is 6.30. The lowest BCUT2D eigenvalue weighted by Crippen LogP contribution is -2.24. The second-order valence-corrected chi connectivity index (χ2v) is 6.25. The van der Waals surface area contributed by atoms with Gasteiger partial charge in [0.25, 0.3) is 0 Å². The molecule has 26 heavy (non-hydrogen) atoms. The van der Waals surface area contributed by atoms with E-state index < -0.39 is 0 Å². The molecule has 3 heterocycles. The molecule has 0 aliphatic rings. The fourth-order valence-corrected chi connectivity index (χ4v) is 3.01. The van der Waals surface area contributed by atoms with Crippen molar-refractivity contribution in [2.45, 2.75) is 6.54 Å².